The molecule has 0 aliphatic carbocycles. The summed E-state index contributed by atoms with van der Waals surface area (Å²) in [4.78, 5) is 2.13. The number of rotatable bonds is 0. The second-order valence-corrected chi connectivity index (χ2v) is 4.30. The molecule has 0 bridgehead atoms. The average molecular weight is 232 g/mol. The lowest BCUT2D eigenvalue weighted by atomic mass is 10.0. The topological polar surface area (TPSA) is 27.0 Å². The van der Waals surface area contributed by atoms with Gasteiger partial charge in [-0.25, -0.2) is 0 Å². The fraction of sp³-hybridized carbons (Fsp3) is 0.0625. The van der Waals surface area contributed by atoms with E-state index in [-0.39, 0.29) is 0 Å². The number of nitrogens with zero attached hydrogens (tertiary/aromatic N) is 2. The van der Waals surface area contributed by atoms with Gasteiger partial charge in [-0.05, 0) is 23.8 Å². The van der Waals surface area contributed by atoms with Crippen LogP contribution in [0.15, 0.2) is 48.5 Å². The Hall–Kier alpha value is -2.53. The van der Waals surface area contributed by atoms with E-state index in [0.29, 0.717) is 5.57 Å². The lowest BCUT2D eigenvalue weighted by Gasteiger charge is -2.21. The SMILES string of the molecule is CN1c2ccccc2C=C(C#N)c2ccccc21. The van der Waals surface area contributed by atoms with E-state index in [1.54, 1.807) is 0 Å². The maximum Gasteiger partial charge on any atom is 0.0998 e. The van der Waals surface area contributed by atoms with Crippen LogP contribution in [0.5, 0.6) is 0 Å². The molecule has 1 aliphatic heterocycles. The Bertz CT molecular complexity index is 677. The predicted molar refractivity (Wildman–Crippen MR) is 74.4 cm³/mol. The Morgan fingerprint density at radius 1 is 0.944 bits per heavy atom. The quantitative estimate of drug-likeness (QED) is 0.690. The van der Waals surface area contributed by atoms with Crippen molar-refractivity contribution < 1.29 is 0 Å². The molecule has 3 rings (SSSR count). The van der Waals surface area contributed by atoms with Gasteiger partial charge in [-0.1, -0.05) is 36.4 Å². The average Bonchev–Trinajstić information content (AvgIpc) is 2.55. The molecule has 2 aromatic rings. The van der Waals surface area contributed by atoms with Gasteiger partial charge in [0.15, 0.2) is 0 Å². The maximum atomic E-state index is 9.34. The third-order valence-electron chi connectivity index (χ3n) is 3.27. The van der Waals surface area contributed by atoms with Crippen LogP contribution >= 0.6 is 0 Å². The number of nitriles is 1. The normalized spacial score (nSPS) is 12.9. The van der Waals surface area contributed by atoms with E-state index in [9.17, 15) is 5.26 Å². The lowest BCUT2D eigenvalue weighted by molar-refractivity contribution is 1.20. The van der Waals surface area contributed by atoms with Crippen molar-refractivity contribution in [1.82, 2.24) is 0 Å². The summed E-state index contributed by atoms with van der Waals surface area (Å²) in [6.45, 7) is 0. The summed E-state index contributed by atoms with van der Waals surface area (Å²) in [5, 5.41) is 9.34. The van der Waals surface area contributed by atoms with Crippen LogP contribution in [0.25, 0.3) is 11.6 Å². The van der Waals surface area contributed by atoms with Crippen LogP contribution in [-0.4, -0.2) is 7.05 Å². The predicted octanol–water partition coefficient (Wildman–Crippen LogP) is 3.83. The molecule has 0 unspecified atom stereocenters. The van der Waals surface area contributed by atoms with E-state index < -0.39 is 0 Å². The maximum absolute atomic E-state index is 9.34. The molecule has 0 amide bonds. The van der Waals surface area contributed by atoms with Crippen molar-refractivity contribution in [1.29, 1.82) is 5.26 Å². The fourth-order valence-electron chi connectivity index (χ4n) is 2.36. The number of hydrogen-bond donors (Lipinski definition) is 0. The minimum absolute atomic E-state index is 0.711. The van der Waals surface area contributed by atoms with Gasteiger partial charge in [0, 0.05) is 24.0 Å². The molecule has 2 aromatic carbocycles. The summed E-state index contributed by atoms with van der Waals surface area (Å²) in [5.41, 5.74) is 4.96. The van der Waals surface area contributed by atoms with Crippen LogP contribution in [0.3, 0.4) is 0 Å². The zero-order chi connectivity index (χ0) is 12.5. The third kappa shape index (κ3) is 1.49. The number of hydrogen-bond acceptors (Lipinski definition) is 2. The first kappa shape index (κ1) is 10.6. The Labute approximate surface area is 106 Å². The van der Waals surface area contributed by atoms with Gasteiger partial charge in [-0.3, -0.25) is 0 Å². The van der Waals surface area contributed by atoms with E-state index in [4.69, 9.17) is 0 Å². The molecule has 0 fully saturated rings. The lowest BCUT2D eigenvalue weighted by Crippen LogP contribution is -2.11. The number of benzene rings is 2. The zero-order valence-electron chi connectivity index (χ0n) is 10.1. The fourth-order valence-corrected chi connectivity index (χ4v) is 2.36. The van der Waals surface area contributed by atoms with Gasteiger partial charge >= 0.3 is 0 Å². The molecule has 2 heteroatoms. The van der Waals surface area contributed by atoms with E-state index in [1.165, 1.54) is 0 Å². The minimum Gasteiger partial charge on any atom is -0.344 e. The minimum atomic E-state index is 0.711. The standard InChI is InChI=1S/C16H12N2/c1-18-15-8-4-2-6-12(15)10-13(11-17)14-7-3-5-9-16(14)18/h2-10H,1H3. The first-order valence-electron chi connectivity index (χ1n) is 5.85. The molecule has 0 spiro atoms. The third-order valence-corrected chi connectivity index (χ3v) is 3.27. The van der Waals surface area contributed by atoms with Gasteiger partial charge < -0.3 is 4.90 Å². The molecule has 1 aliphatic rings. The molecule has 0 N–H and O–H groups in total. The van der Waals surface area contributed by atoms with E-state index in [2.05, 4.69) is 17.0 Å². The van der Waals surface area contributed by atoms with E-state index >= 15 is 0 Å². The second kappa shape index (κ2) is 4.05. The van der Waals surface area contributed by atoms with Crippen LogP contribution in [0, 0.1) is 11.3 Å². The van der Waals surface area contributed by atoms with Gasteiger partial charge in [0.05, 0.1) is 11.6 Å². The molecule has 0 saturated carbocycles. The summed E-state index contributed by atoms with van der Waals surface area (Å²) >= 11 is 0. The highest BCUT2D eigenvalue weighted by atomic mass is 15.1. The van der Waals surface area contributed by atoms with E-state index in [1.807, 2.05) is 55.6 Å². The molecular formula is C16H12N2. The summed E-state index contributed by atoms with van der Waals surface area (Å²) in [5.74, 6) is 0. The number of fused-ring (bicyclic) bond motifs is 2. The highest BCUT2D eigenvalue weighted by molar-refractivity contribution is 5.99. The molecule has 0 radical (unpaired) electrons. The molecule has 1 heterocycles. The Morgan fingerprint density at radius 3 is 2.39 bits per heavy atom. The highest BCUT2D eigenvalue weighted by Gasteiger charge is 2.17. The molecule has 0 atom stereocenters. The summed E-state index contributed by atoms with van der Waals surface area (Å²) in [6, 6.07) is 18.4. The van der Waals surface area contributed by atoms with Crippen molar-refractivity contribution in [2.24, 2.45) is 0 Å². The van der Waals surface area contributed by atoms with Crippen LogP contribution in [-0.2, 0) is 0 Å². The molecule has 18 heavy (non-hydrogen) atoms. The largest absolute Gasteiger partial charge is 0.344 e. The number of anilines is 2. The monoisotopic (exact) mass is 232 g/mol. The number of para-hydroxylation sites is 2. The van der Waals surface area contributed by atoms with Crippen molar-refractivity contribution >= 4 is 23.0 Å². The van der Waals surface area contributed by atoms with Gasteiger partial charge in [0.1, 0.15) is 0 Å². The first-order chi connectivity index (χ1) is 8.81. The van der Waals surface area contributed by atoms with Crippen molar-refractivity contribution in [2.45, 2.75) is 0 Å². The second-order valence-electron chi connectivity index (χ2n) is 4.30. The van der Waals surface area contributed by atoms with Gasteiger partial charge in [0.2, 0.25) is 0 Å². The van der Waals surface area contributed by atoms with Crippen LogP contribution in [0.1, 0.15) is 11.1 Å². The number of allylic oxidation sites excluding steroid dienone is 1. The van der Waals surface area contributed by atoms with Crippen LogP contribution in [0.2, 0.25) is 0 Å². The smallest absolute Gasteiger partial charge is 0.0998 e. The van der Waals surface area contributed by atoms with Crippen molar-refractivity contribution in [3.63, 3.8) is 0 Å². The zero-order valence-corrected chi connectivity index (χ0v) is 10.1. The first-order valence-corrected chi connectivity index (χ1v) is 5.85. The van der Waals surface area contributed by atoms with Crippen LogP contribution < -0.4 is 4.90 Å². The van der Waals surface area contributed by atoms with Gasteiger partial charge in [-0.15, -0.1) is 0 Å². The molecule has 2 nitrogen and oxygen atoms in total. The molecule has 86 valence electrons. The van der Waals surface area contributed by atoms with E-state index in [0.717, 1.165) is 22.5 Å². The van der Waals surface area contributed by atoms with Gasteiger partial charge in [-0.2, -0.15) is 5.26 Å². The summed E-state index contributed by atoms with van der Waals surface area (Å²) < 4.78 is 0. The van der Waals surface area contributed by atoms with Crippen molar-refractivity contribution in [3.8, 4) is 6.07 Å². The Kier molecular flexibility index (Phi) is 2.39. The summed E-state index contributed by atoms with van der Waals surface area (Å²) in [7, 11) is 2.03. The molecule has 0 saturated heterocycles. The Morgan fingerprint density at radius 2 is 1.61 bits per heavy atom. The van der Waals surface area contributed by atoms with Crippen LogP contribution in [0.4, 0.5) is 11.4 Å². The highest BCUT2D eigenvalue weighted by Crippen LogP contribution is 2.37. The van der Waals surface area contributed by atoms with Crippen molar-refractivity contribution in [2.75, 3.05) is 11.9 Å². The van der Waals surface area contributed by atoms with Gasteiger partial charge in [0.25, 0.3) is 0 Å². The summed E-state index contributed by atoms with van der Waals surface area (Å²) in [6.07, 6.45) is 1.96. The molecule has 0 aromatic heterocycles. The van der Waals surface area contributed by atoms with Crippen molar-refractivity contribution in [3.05, 3.63) is 59.7 Å². The Balaban J connectivity index is 2.35. The molecular weight excluding hydrogens is 220 g/mol.